The first-order valence-electron chi connectivity index (χ1n) is 16.3. The number of carbonyl (C=O) groups excluding carboxylic acids is 1. The minimum atomic E-state index is -1.12. The lowest BCUT2D eigenvalue weighted by molar-refractivity contribution is -0.119. The first-order valence-corrected chi connectivity index (χ1v) is 17.1. The Labute approximate surface area is 303 Å². The standard InChI is InChI=1S/C36H37Cl2N7O6/c1-20(46)15-39-16-30-42-45-18-22(14-29(45)35(48)43(30)2)24-6-4-7-25(32(24)37)26-8-5-9-27(33(26)38)28-12-10-21(34(41-28)51-3)17-44(36(49)50)19-23-11-13-31(47)40-23/h4-10,12,14,18,20,23,39,46H,11,13,15-17,19H2,1-3H3,(H,40,47)(H,49,50). The molecule has 4 heterocycles. The van der Waals surface area contributed by atoms with E-state index in [9.17, 15) is 24.6 Å². The minimum absolute atomic E-state index is 0.0200. The van der Waals surface area contributed by atoms with Gasteiger partial charge in [0.15, 0.2) is 0 Å². The zero-order chi connectivity index (χ0) is 36.4. The number of benzene rings is 2. The lowest BCUT2D eigenvalue weighted by atomic mass is 9.97. The first-order chi connectivity index (χ1) is 24.4. The molecule has 4 N–H and O–H groups in total. The number of carboxylic acid groups (broad SMARTS) is 1. The second kappa shape index (κ2) is 15.1. The fraction of sp³-hybridized carbons (Fsp3) is 0.306. The zero-order valence-electron chi connectivity index (χ0n) is 28.2. The van der Waals surface area contributed by atoms with Crippen molar-refractivity contribution in [3.63, 3.8) is 0 Å². The van der Waals surface area contributed by atoms with Gasteiger partial charge < -0.3 is 30.5 Å². The van der Waals surface area contributed by atoms with Crippen molar-refractivity contribution in [2.24, 2.45) is 7.05 Å². The fourth-order valence-corrected chi connectivity index (χ4v) is 6.84. The summed E-state index contributed by atoms with van der Waals surface area (Å²) in [6.07, 6.45) is 1.05. The summed E-state index contributed by atoms with van der Waals surface area (Å²) in [6.45, 7) is 2.51. The number of hydrogen-bond acceptors (Lipinski definition) is 8. The third kappa shape index (κ3) is 7.57. The number of hydrogen-bond donors (Lipinski definition) is 4. The van der Waals surface area contributed by atoms with Crippen molar-refractivity contribution in [2.75, 3.05) is 20.2 Å². The van der Waals surface area contributed by atoms with Gasteiger partial charge in [0.1, 0.15) is 11.3 Å². The van der Waals surface area contributed by atoms with Crippen LogP contribution in [0.5, 0.6) is 5.88 Å². The third-order valence-electron chi connectivity index (χ3n) is 8.82. The number of ether oxygens (including phenoxy) is 1. The van der Waals surface area contributed by atoms with E-state index in [0.717, 1.165) is 0 Å². The van der Waals surface area contributed by atoms with Crippen LogP contribution in [0.4, 0.5) is 4.79 Å². The van der Waals surface area contributed by atoms with Gasteiger partial charge >= 0.3 is 6.09 Å². The van der Waals surface area contributed by atoms with Crippen LogP contribution in [0.2, 0.25) is 10.0 Å². The molecular formula is C36H37Cl2N7O6. The van der Waals surface area contributed by atoms with Gasteiger partial charge in [-0.05, 0) is 31.5 Å². The predicted octanol–water partition coefficient (Wildman–Crippen LogP) is 4.97. The normalized spacial score (nSPS) is 14.9. The van der Waals surface area contributed by atoms with Crippen LogP contribution in [0, 0.1) is 0 Å². The number of pyridine rings is 1. The number of methoxy groups -OCH3 is 1. The molecule has 0 bridgehead atoms. The number of nitrogens with one attached hydrogen (secondary N) is 2. The molecule has 6 rings (SSSR count). The van der Waals surface area contributed by atoms with Crippen molar-refractivity contribution in [1.29, 1.82) is 0 Å². The summed E-state index contributed by atoms with van der Waals surface area (Å²) >= 11 is 14.1. The lowest BCUT2D eigenvalue weighted by Gasteiger charge is -2.23. The SMILES string of the molecule is COc1nc(-c2cccc(-c3cccc(-c4cc5c(=O)n(C)c(CNCC(C)O)nn5c4)c3Cl)c2Cl)ccc1CN(CC1CCC(=O)N1)C(=O)O. The maximum Gasteiger partial charge on any atom is 0.407 e. The summed E-state index contributed by atoms with van der Waals surface area (Å²) in [7, 11) is 3.12. The van der Waals surface area contributed by atoms with Crippen LogP contribution in [0.25, 0.3) is 39.0 Å². The number of carbonyl (C=O) groups is 2. The minimum Gasteiger partial charge on any atom is -0.481 e. The Balaban J connectivity index is 1.30. The second-order valence-corrected chi connectivity index (χ2v) is 13.2. The van der Waals surface area contributed by atoms with E-state index in [1.54, 1.807) is 42.9 Å². The molecule has 2 amide bonds. The van der Waals surface area contributed by atoms with E-state index in [2.05, 4.69) is 20.7 Å². The smallest absolute Gasteiger partial charge is 0.407 e. The number of rotatable bonds is 12. The van der Waals surface area contributed by atoms with Crippen LogP contribution in [0.1, 0.15) is 31.2 Å². The van der Waals surface area contributed by atoms with Crippen LogP contribution in [0.15, 0.2) is 65.6 Å². The van der Waals surface area contributed by atoms with E-state index in [1.807, 2.05) is 36.4 Å². The molecule has 3 aromatic heterocycles. The fourth-order valence-electron chi connectivity index (χ4n) is 6.18. The number of nitrogens with zero attached hydrogens (tertiary/aromatic N) is 5. The van der Waals surface area contributed by atoms with Crippen LogP contribution in [0.3, 0.4) is 0 Å². The Hall–Kier alpha value is -4.95. The molecule has 0 spiro atoms. The highest BCUT2D eigenvalue weighted by Crippen LogP contribution is 2.42. The van der Waals surface area contributed by atoms with Gasteiger partial charge in [0.25, 0.3) is 5.56 Å². The van der Waals surface area contributed by atoms with Crippen molar-refractivity contribution >= 4 is 40.7 Å². The van der Waals surface area contributed by atoms with E-state index in [0.29, 0.717) is 86.4 Å². The number of halogens is 2. The number of aromatic nitrogens is 4. The Morgan fingerprint density at radius 1 is 1.10 bits per heavy atom. The number of aliphatic hydroxyl groups excluding tert-OH is 1. The van der Waals surface area contributed by atoms with Gasteiger partial charge in [-0.3, -0.25) is 14.2 Å². The summed E-state index contributed by atoms with van der Waals surface area (Å²) in [6, 6.07) is 16.1. The van der Waals surface area contributed by atoms with Gasteiger partial charge in [0.2, 0.25) is 11.8 Å². The van der Waals surface area contributed by atoms with E-state index < -0.39 is 12.2 Å². The highest BCUT2D eigenvalue weighted by molar-refractivity contribution is 6.39. The molecule has 1 aliphatic rings. The maximum absolute atomic E-state index is 13.2. The highest BCUT2D eigenvalue weighted by Gasteiger charge is 2.26. The van der Waals surface area contributed by atoms with Gasteiger partial charge in [0.05, 0.1) is 42.0 Å². The molecule has 0 saturated carbocycles. The molecular weight excluding hydrogens is 697 g/mol. The van der Waals surface area contributed by atoms with Gasteiger partial charge in [-0.25, -0.2) is 14.3 Å². The monoisotopic (exact) mass is 733 g/mol. The van der Waals surface area contributed by atoms with Crippen molar-refractivity contribution in [1.82, 2.24) is 34.7 Å². The topological polar surface area (TPSA) is 163 Å². The molecule has 15 heteroatoms. The van der Waals surface area contributed by atoms with Gasteiger partial charge in [0, 0.05) is 72.2 Å². The van der Waals surface area contributed by atoms with Crippen molar-refractivity contribution in [3.8, 4) is 39.4 Å². The average Bonchev–Trinajstić information content (AvgIpc) is 3.72. The van der Waals surface area contributed by atoms with Gasteiger partial charge in [-0.2, -0.15) is 5.10 Å². The molecule has 13 nitrogen and oxygen atoms in total. The maximum atomic E-state index is 13.2. The van der Waals surface area contributed by atoms with Crippen molar-refractivity contribution < 1.29 is 24.5 Å². The van der Waals surface area contributed by atoms with Gasteiger partial charge in [-0.1, -0.05) is 59.6 Å². The molecule has 51 heavy (non-hydrogen) atoms. The Morgan fingerprint density at radius 3 is 2.43 bits per heavy atom. The summed E-state index contributed by atoms with van der Waals surface area (Å²) < 4.78 is 8.60. The van der Waals surface area contributed by atoms with Crippen LogP contribution in [-0.2, 0) is 24.9 Å². The molecule has 1 fully saturated rings. The summed E-state index contributed by atoms with van der Waals surface area (Å²) in [5, 5.41) is 30.8. The predicted molar refractivity (Wildman–Crippen MR) is 194 cm³/mol. The molecule has 0 aliphatic carbocycles. The quantitative estimate of drug-likeness (QED) is 0.139. The van der Waals surface area contributed by atoms with Crippen molar-refractivity contribution in [2.45, 2.75) is 45.0 Å². The molecule has 0 radical (unpaired) electrons. The van der Waals surface area contributed by atoms with Crippen LogP contribution in [-0.4, -0.2) is 78.6 Å². The molecule has 2 unspecified atom stereocenters. The van der Waals surface area contributed by atoms with Crippen LogP contribution < -0.4 is 20.9 Å². The summed E-state index contributed by atoms with van der Waals surface area (Å²) in [5.41, 5.74) is 4.55. The third-order valence-corrected chi connectivity index (χ3v) is 9.64. The van der Waals surface area contributed by atoms with Crippen molar-refractivity contribution in [3.05, 3.63) is 92.6 Å². The highest BCUT2D eigenvalue weighted by atomic mass is 35.5. The van der Waals surface area contributed by atoms with Gasteiger partial charge in [-0.15, -0.1) is 0 Å². The van der Waals surface area contributed by atoms with E-state index in [4.69, 9.17) is 27.9 Å². The second-order valence-electron chi connectivity index (χ2n) is 12.5. The Kier molecular flexibility index (Phi) is 10.6. The Bertz CT molecular complexity index is 2180. The van der Waals surface area contributed by atoms with E-state index in [1.165, 1.54) is 16.6 Å². The number of fused-ring (bicyclic) bond motifs is 1. The Morgan fingerprint density at radius 2 is 1.78 bits per heavy atom. The molecule has 2 atom stereocenters. The molecule has 266 valence electrons. The van der Waals surface area contributed by atoms with Crippen LogP contribution >= 0.6 is 23.2 Å². The first kappa shape index (κ1) is 35.9. The molecule has 1 aliphatic heterocycles. The summed E-state index contributed by atoms with van der Waals surface area (Å²) in [5.74, 6) is 0.672. The zero-order valence-corrected chi connectivity index (χ0v) is 29.7. The molecule has 5 aromatic rings. The lowest BCUT2D eigenvalue weighted by Crippen LogP contribution is -2.41. The average molecular weight is 735 g/mol. The van der Waals surface area contributed by atoms with E-state index in [-0.39, 0.29) is 36.5 Å². The summed E-state index contributed by atoms with van der Waals surface area (Å²) in [4.78, 5) is 42.8. The molecule has 1 saturated heterocycles. The largest absolute Gasteiger partial charge is 0.481 e. The molecule has 2 aromatic carbocycles. The number of aliphatic hydroxyl groups is 1. The number of amides is 2. The van der Waals surface area contributed by atoms with E-state index >= 15 is 0 Å².